The largest absolute Gasteiger partial charge is 0.447 e. The molecular formula is C17H12ClF3N6O2S2. The lowest BCUT2D eigenvalue weighted by atomic mass is 10.3. The summed E-state index contributed by atoms with van der Waals surface area (Å²) in [5.41, 5.74) is -3.71. The van der Waals surface area contributed by atoms with Gasteiger partial charge in [-0.2, -0.15) is 18.3 Å². The van der Waals surface area contributed by atoms with Crippen LogP contribution in [-0.2, 0) is 9.84 Å². The fraction of sp³-hybridized carbons (Fsp3) is 0.176. The van der Waals surface area contributed by atoms with Crippen LogP contribution < -0.4 is 0 Å². The maximum atomic E-state index is 12.7. The van der Waals surface area contributed by atoms with Gasteiger partial charge in [0.25, 0.3) is 0 Å². The van der Waals surface area contributed by atoms with E-state index >= 15 is 0 Å². The predicted octanol–water partition coefficient (Wildman–Crippen LogP) is 4.04. The zero-order valence-electron chi connectivity index (χ0n) is 15.6. The number of imidazole rings is 1. The van der Waals surface area contributed by atoms with E-state index in [1.807, 2.05) is 0 Å². The summed E-state index contributed by atoms with van der Waals surface area (Å²) in [5, 5.41) is 3.98. The zero-order valence-corrected chi connectivity index (χ0v) is 18.0. The highest BCUT2D eigenvalue weighted by atomic mass is 35.5. The molecule has 4 heterocycles. The number of hydrogen-bond acceptors (Lipinski definition) is 7. The van der Waals surface area contributed by atoms with Crippen molar-refractivity contribution in [3.05, 3.63) is 48.3 Å². The fourth-order valence-corrected chi connectivity index (χ4v) is 4.45. The second-order valence-corrected chi connectivity index (χ2v) is 9.91. The number of fused-ring (bicyclic) bond motifs is 1. The second kappa shape index (κ2) is 7.80. The van der Waals surface area contributed by atoms with Crippen molar-refractivity contribution in [2.24, 2.45) is 0 Å². The lowest BCUT2D eigenvalue weighted by Gasteiger charge is -2.09. The average Bonchev–Trinajstić information content (AvgIpc) is 3.32. The topological polar surface area (TPSA) is 95.0 Å². The van der Waals surface area contributed by atoms with Crippen molar-refractivity contribution in [1.82, 2.24) is 29.1 Å². The number of thioether (sulfide) groups is 1. The van der Waals surface area contributed by atoms with Gasteiger partial charge in [0.2, 0.25) is 0 Å². The van der Waals surface area contributed by atoms with E-state index in [-0.39, 0.29) is 49.6 Å². The summed E-state index contributed by atoms with van der Waals surface area (Å²) in [5.74, 6) is -0.188. The Kier molecular flexibility index (Phi) is 5.43. The molecule has 0 saturated heterocycles. The summed E-state index contributed by atoms with van der Waals surface area (Å²) in [6.45, 7) is 1.49. The van der Waals surface area contributed by atoms with Crippen LogP contribution in [-0.4, -0.2) is 48.8 Å². The summed E-state index contributed by atoms with van der Waals surface area (Å²) in [7, 11) is -3.72. The summed E-state index contributed by atoms with van der Waals surface area (Å²) in [4.78, 5) is 12.2. The molecule has 0 spiro atoms. The van der Waals surface area contributed by atoms with E-state index in [0.717, 1.165) is 6.07 Å². The second-order valence-electron chi connectivity index (χ2n) is 6.19. The van der Waals surface area contributed by atoms with Gasteiger partial charge in [-0.25, -0.2) is 23.1 Å². The SMILES string of the molecule is CCS(=O)(=O)c1cc(-n2ccc(Cl)n2)cnc1-c1cn2cnc(SC(F)(F)F)cc2n1. The number of halogens is 4. The molecule has 0 bridgehead atoms. The molecule has 4 aromatic rings. The molecule has 4 rings (SSSR count). The average molecular weight is 489 g/mol. The maximum Gasteiger partial charge on any atom is 0.447 e. The molecule has 0 atom stereocenters. The van der Waals surface area contributed by atoms with E-state index < -0.39 is 15.3 Å². The number of pyridine rings is 1. The van der Waals surface area contributed by atoms with Crippen LogP contribution in [0.5, 0.6) is 0 Å². The smallest absolute Gasteiger partial charge is 0.290 e. The standard InChI is InChI=1S/C17H12ClF3N6O2S2/c1-2-31(28,29)12-5-10(27-4-3-13(18)25-27)7-22-16(12)11-8-26-9-23-15(6-14(26)24-11)30-17(19,20)21/h3-9H,2H2,1H3. The van der Waals surface area contributed by atoms with Crippen LogP contribution in [0.3, 0.4) is 0 Å². The normalized spacial score (nSPS) is 12.5. The first-order valence-electron chi connectivity index (χ1n) is 8.61. The third-order valence-electron chi connectivity index (χ3n) is 4.16. The lowest BCUT2D eigenvalue weighted by Crippen LogP contribution is -2.09. The Labute approximate surface area is 183 Å². The van der Waals surface area contributed by atoms with Crippen LogP contribution in [0.25, 0.3) is 22.7 Å². The van der Waals surface area contributed by atoms with Crippen molar-refractivity contribution in [3.63, 3.8) is 0 Å². The quantitative estimate of drug-likeness (QED) is 0.309. The minimum atomic E-state index is -4.49. The van der Waals surface area contributed by atoms with E-state index in [2.05, 4.69) is 20.1 Å². The van der Waals surface area contributed by atoms with Crippen molar-refractivity contribution >= 4 is 38.8 Å². The molecule has 0 aliphatic rings. The van der Waals surface area contributed by atoms with Crippen molar-refractivity contribution in [3.8, 4) is 17.1 Å². The Morgan fingerprint density at radius 3 is 2.65 bits per heavy atom. The van der Waals surface area contributed by atoms with E-state index in [1.54, 1.807) is 6.20 Å². The minimum absolute atomic E-state index is 0.0672. The number of nitrogens with zero attached hydrogens (tertiary/aromatic N) is 6. The summed E-state index contributed by atoms with van der Waals surface area (Å²) >= 11 is 5.47. The van der Waals surface area contributed by atoms with Crippen LogP contribution >= 0.6 is 23.4 Å². The Morgan fingerprint density at radius 1 is 1.23 bits per heavy atom. The van der Waals surface area contributed by atoms with Crippen molar-refractivity contribution in [2.45, 2.75) is 22.4 Å². The number of sulfone groups is 1. The molecule has 0 aromatic carbocycles. The first-order chi connectivity index (χ1) is 14.6. The van der Waals surface area contributed by atoms with Crippen LogP contribution in [0.1, 0.15) is 6.92 Å². The first kappa shape index (κ1) is 21.6. The molecule has 0 fully saturated rings. The number of rotatable bonds is 5. The molecule has 8 nitrogen and oxygen atoms in total. The molecule has 0 saturated carbocycles. The molecule has 162 valence electrons. The number of hydrogen-bond donors (Lipinski definition) is 0. The molecular weight excluding hydrogens is 477 g/mol. The zero-order chi connectivity index (χ0) is 22.4. The predicted molar refractivity (Wildman–Crippen MR) is 108 cm³/mol. The molecule has 0 aliphatic carbocycles. The third-order valence-corrected chi connectivity index (χ3v) is 6.77. The fourth-order valence-electron chi connectivity index (χ4n) is 2.75. The Balaban J connectivity index is 1.83. The van der Waals surface area contributed by atoms with Gasteiger partial charge in [-0.15, -0.1) is 0 Å². The Bertz CT molecular complexity index is 1380. The van der Waals surface area contributed by atoms with Crippen molar-refractivity contribution in [2.75, 3.05) is 5.75 Å². The molecule has 0 aliphatic heterocycles. The van der Waals surface area contributed by atoms with Crippen molar-refractivity contribution < 1.29 is 21.6 Å². The summed E-state index contributed by atoms with van der Waals surface area (Å²) < 4.78 is 66.1. The minimum Gasteiger partial charge on any atom is -0.290 e. The van der Waals surface area contributed by atoms with Gasteiger partial charge in [-0.3, -0.25) is 9.38 Å². The highest BCUT2D eigenvalue weighted by molar-refractivity contribution is 8.00. The molecule has 31 heavy (non-hydrogen) atoms. The lowest BCUT2D eigenvalue weighted by molar-refractivity contribution is -0.0329. The third kappa shape index (κ3) is 4.52. The van der Waals surface area contributed by atoms with Crippen molar-refractivity contribution in [1.29, 1.82) is 0 Å². The number of aromatic nitrogens is 6. The monoisotopic (exact) mass is 488 g/mol. The van der Waals surface area contributed by atoms with Crippen LogP contribution in [0.15, 0.2) is 53.0 Å². The van der Waals surface area contributed by atoms with Gasteiger partial charge in [0.1, 0.15) is 28.4 Å². The summed E-state index contributed by atoms with van der Waals surface area (Å²) in [6, 6.07) is 4.10. The van der Waals surface area contributed by atoms with E-state index in [0.29, 0.717) is 5.69 Å². The molecule has 0 N–H and O–H groups in total. The van der Waals surface area contributed by atoms with E-state index in [9.17, 15) is 21.6 Å². The van der Waals surface area contributed by atoms with Gasteiger partial charge in [0.05, 0.1) is 22.5 Å². The van der Waals surface area contributed by atoms with Gasteiger partial charge in [-0.1, -0.05) is 18.5 Å². The van der Waals surface area contributed by atoms with Gasteiger partial charge in [-0.05, 0) is 12.1 Å². The number of alkyl halides is 3. The molecule has 4 aromatic heterocycles. The Hall–Kier alpha value is -2.64. The Morgan fingerprint density at radius 2 is 2.00 bits per heavy atom. The van der Waals surface area contributed by atoms with Gasteiger partial charge < -0.3 is 0 Å². The highest BCUT2D eigenvalue weighted by Gasteiger charge is 2.30. The molecule has 0 unspecified atom stereocenters. The van der Waals surface area contributed by atoms with Gasteiger partial charge >= 0.3 is 5.51 Å². The molecule has 0 radical (unpaired) electrons. The van der Waals surface area contributed by atoms with E-state index in [1.165, 1.54) is 46.9 Å². The van der Waals surface area contributed by atoms with Gasteiger partial charge in [0, 0.05) is 30.2 Å². The van der Waals surface area contributed by atoms with Crippen LogP contribution in [0.4, 0.5) is 13.2 Å². The van der Waals surface area contributed by atoms with Crippen LogP contribution in [0.2, 0.25) is 5.15 Å². The molecule has 0 amide bonds. The first-order valence-corrected chi connectivity index (χ1v) is 11.5. The maximum absolute atomic E-state index is 12.7. The highest BCUT2D eigenvalue weighted by Crippen LogP contribution is 2.36. The summed E-state index contributed by atoms with van der Waals surface area (Å²) in [6.07, 6.45) is 5.58. The van der Waals surface area contributed by atoms with E-state index in [4.69, 9.17) is 11.6 Å². The molecule has 14 heteroatoms. The van der Waals surface area contributed by atoms with Gasteiger partial charge in [0.15, 0.2) is 15.0 Å². The van der Waals surface area contributed by atoms with Crippen LogP contribution in [0, 0.1) is 0 Å².